The summed E-state index contributed by atoms with van der Waals surface area (Å²) >= 11 is 15.9. The summed E-state index contributed by atoms with van der Waals surface area (Å²) in [7, 11) is -4.24. The summed E-state index contributed by atoms with van der Waals surface area (Å²) in [5.41, 5.74) is 1.80. The molecule has 4 aromatic carbocycles. The van der Waals surface area contributed by atoms with E-state index in [2.05, 4.69) is 21.2 Å². The number of rotatable bonds is 14. The second-order valence-electron chi connectivity index (χ2n) is 10.4. The number of carbonyl (C=O) groups excluding carboxylic acids is 2. The van der Waals surface area contributed by atoms with Crippen LogP contribution in [0.3, 0.4) is 0 Å². The van der Waals surface area contributed by atoms with E-state index in [0.29, 0.717) is 6.54 Å². The number of hydrogen-bond acceptors (Lipinski definition) is 4. The average molecular weight is 732 g/mol. The summed E-state index contributed by atoms with van der Waals surface area (Å²) in [6, 6.07) is 28.2. The van der Waals surface area contributed by atoms with Gasteiger partial charge in [0.25, 0.3) is 10.0 Å². The molecule has 1 N–H and O–H groups in total. The van der Waals surface area contributed by atoms with Crippen LogP contribution in [0.4, 0.5) is 5.69 Å². The lowest BCUT2D eigenvalue weighted by Crippen LogP contribution is -2.53. The van der Waals surface area contributed by atoms with Crippen LogP contribution in [0.15, 0.2) is 112 Å². The molecule has 0 bridgehead atoms. The van der Waals surface area contributed by atoms with Gasteiger partial charge in [-0.1, -0.05) is 113 Å². The van der Waals surface area contributed by atoms with Crippen molar-refractivity contribution in [1.82, 2.24) is 10.2 Å². The zero-order valence-electron chi connectivity index (χ0n) is 24.7. The van der Waals surface area contributed by atoms with E-state index in [1.807, 2.05) is 61.5 Å². The molecule has 236 valence electrons. The second kappa shape index (κ2) is 16.3. The number of halogens is 3. The fourth-order valence-corrected chi connectivity index (χ4v) is 6.72. The van der Waals surface area contributed by atoms with E-state index in [0.717, 1.165) is 32.7 Å². The third-order valence-corrected chi connectivity index (χ3v) is 10.2. The number of nitrogens with one attached hydrogen (secondary N) is 1. The van der Waals surface area contributed by atoms with Crippen LogP contribution in [0.2, 0.25) is 10.0 Å². The van der Waals surface area contributed by atoms with Crippen molar-refractivity contribution in [3.05, 3.63) is 129 Å². The van der Waals surface area contributed by atoms with Gasteiger partial charge in [-0.05, 0) is 60.0 Å². The zero-order valence-corrected chi connectivity index (χ0v) is 28.6. The molecule has 45 heavy (non-hydrogen) atoms. The minimum atomic E-state index is -4.24. The Morgan fingerprint density at radius 3 is 2.11 bits per heavy atom. The fraction of sp³-hybridized carbons (Fsp3) is 0.235. The monoisotopic (exact) mass is 729 g/mol. The predicted molar refractivity (Wildman–Crippen MR) is 184 cm³/mol. The largest absolute Gasteiger partial charge is 0.354 e. The Hall–Kier alpha value is -3.37. The summed E-state index contributed by atoms with van der Waals surface area (Å²) < 4.78 is 30.0. The zero-order chi connectivity index (χ0) is 32.4. The van der Waals surface area contributed by atoms with Crippen LogP contribution in [0, 0.1) is 0 Å². The van der Waals surface area contributed by atoms with Crippen LogP contribution < -0.4 is 9.62 Å². The first-order valence-corrected chi connectivity index (χ1v) is 17.5. The standard InChI is InChI=1S/C34H34BrCl2N3O4S/c1-2-3-20-38-34(42)32(21-25-10-6-4-7-11-25)39(23-26-14-16-27(35)17-15-26)33(41)24-40(28-18-19-30(36)31(37)22-28)45(43,44)29-12-8-5-9-13-29/h4-19,22,32H,2-3,20-21,23-24H2,1H3,(H,38,42)/t32-/m1/s1. The fourth-order valence-electron chi connectivity index (χ4n) is 4.74. The van der Waals surface area contributed by atoms with Gasteiger partial charge in [0.2, 0.25) is 11.8 Å². The smallest absolute Gasteiger partial charge is 0.264 e. The molecule has 0 aliphatic rings. The Morgan fingerprint density at radius 2 is 1.49 bits per heavy atom. The molecule has 0 aliphatic carbocycles. The van der Waals surface area contributed by atoms with Crippen LogP contribution in [-0.4, -0.2) is 44.3 Å². The van der Waals surface area contributed by atoms with Crippen molar-refractivity contribution in [2.45, 2.75) is 43.7 Å². The molecule has 0 spiro atoms. The molecule has 11 heteroatoms. The van der Waals surface area contributed by atoms with Crippen LogP contribution in [0.25, 0.3) is 0 Å². The first-order valence-electron chi connectivity index (χ1n) is 14.5. The molecule has 4 aromatic rings. The summed E-state index contributed by atoms with van der Waals surface area (Å²) in [5.74, 6) is -0.875. The average Bonchev–Trinajstić information content (AvgIpc) is 3.04. The summed E-state index contributed by atoms with van der Waals surface area (Å²) in [5, 5.41) is 3.37. The van der Waals surface area contributed by atoms with Crippen molar-refractivity contribution >= 4 is 66.7 Å². The van der Waals surface area contributed by atoms with Crippen LogP contribution in [0.1, 0.15) is 30.9 Å². The number of benzene rings is 4. The molecule has 0 fully saturated rings. The molecule has 4 rings (SSSR count). The third kappa shape index (κ3) is 9.33. The SMILES string of the molecule is CCCCNC(=O)[C@@H](Cc1ccccc1)N(Cc1ccc(Br)cc1)C(=O)CN(c1ccc(Cl)c(Cl)c1)S(=O)(=O)c1ccccc1. The summed E-state index contributed by atoms with van der Waals surface area (Å²) in [6.45, 7) is 1.98. The lowest BCUT2D eigenvalue weighted by atomic mass is 10.0. The van der Waals surface area contributed by atoms with Gasteiger partial charge in [-0.15, -0.1) is 0 Å². The molecule has 0 unspecified atom stereocenters. The molecule has 0 heterocycles. The van der Waals surface area contributed by atoms with Crippen molar-refractivity contribution < 1.29 is 18.0 Å². The highest BCUT2D eigenvalue weighted by molar-refractivity contribution is 9.10. The van der Waals surface area contributed by atoms with Gasteiger partial charge >= 0.3 is 0 Å². The van der Waals surface area contributed by atoms with E-state index < -0.39 is 28.5 Å². The maximum Gasteiger partial charge on any atom is 0.264 e. The molecule has 2 amide bonds. The van der Waals surface area contributed by atoms with Gasteiger partial charge in [-0.2, -0.15) is 0 Å². The van der Waals surface area contributed by atoms with E-state index in [1.54, 1.807) is 18.2 Å². The van der Waals surface area contributed by atoms with E-state index in [9.17, 15) is 18.0 Å². The Bertz CT molecular complexity index is 1690. The van der Waals surface area contributed by atoms with Gasteiger partial charge in [-0.3, -0.25) is 13.9 Å². The number of sulfonamides is 1. The van der Waals surface area contributed by atoms with Crippen LogP contribution in [0.5, 0.6) is 0 Å². The Balaban J connectivity index is 1.79. The first kappa shape index (κ1) is 34.5. The Morgan fingerprint density at radius 1 is 0.844 bits per heavy atom. The van der Waals surface area contributed by atoms with E-state index in [-0.39, 0.29) is 39.5 Å². The molecular weight excluding hydrogens is 697 g/mol. The minimum Gasteiger partial charge on any atom is -0.354 e. The van der Waals surface area contributed by atoms with Crippen molar-refractivity contribution in [2.24, 2.45) is 0 Å². The number of anilines is 1. The van der Waals surface area contributed by atoms with E-state index >= 15 is 0 Å². The minimum absolute atomic E-state index is 0.00137. The quantitative estimate of drug-likeness (QED) is 0.136. The Labute approximate surface area is 283 Å². The third-order valence-electron chi connectivity index (χ3n) is 7.17. The highest BCUT2D eigenvalue weighted by atomic mass is 79.9. The number of carbonyl (C=O) groups is 2. The van der Waals surface area contributed by atoms with Crippen molar-refractivity contribution in [3.63, 3.8) is 0 Å². The van der Waals surface area contributed by atoms with Gasteiger partial charge < -0.3 is 10.2 Å². The molecule has 0 saturated carbocycles. The number of hydrogen-bond donors (Lipinski definition) is 1. The number of nitrogens with zero attached hydrogens (tertiary/aromatic N) is 2. The van der Waals surface area contributed by atoms with Crippen molar-refractivity contribution in [2.75, 3.05) is 17.4 Å². The maximum atomic E-state index is 14.5. The number of unbranched alkanes of at least 4 members (excludes halogenated alkanes) is 1. The topological polar surface area (TPSA) is 86.8 Å². The lowest BCUT2D eigenvalue weighted by molar-refractivity contribution is -0.140. The van der Waals surface area contributed by atoms with E-state index in [1.165, 1.54) is 35.2 Å². The highest BCUT2D eigenvalue weighted by Gasteiger charge is 2.34. The molecule has 0 aromatic heterocycles. The summed E-state index contributed by atoms with van der Waals surface area (Å²) in [4.78, 5) is 29.7. The normalized spacial score (nSPS) is 11.9. The van der Waals surface area contributed by atoms with Crippen LogP contribution in [-0.2, 0) is 32.6 Å². The van der Waals surface area contributed by atoms with Gasteiger partial charge in [-0.25, -0.2) is 8.42 Å². The van der Waals surface area contributed by atoms with Crippen LogP contribution >= 0.6 is 39.1 Å². The van der Waals surface area contributed by atoms with Crippen molar-refractivity contribution in [3.8, 4) is 0 Å². The highest BCUT2D eigenvalue weighted by Crippen LogP contribution is 2.31. The summed E-state index contributed by atoms with van der Waals surface area (Å²) in [6.07, 6.45) is 1.91. The molecule has 0 saturated heterocycles. The molecule has 7 nitrogen and oxygen atoms in total. The van der Waals surface area contributed by atoms with E-state index in [4.69, 9.17) is 23.2 Å². The van der Waals surface area contributed by atoms with Gasteiger partial charge in [0.1, 0.15) is 12.6 Å². The van der Waals surface area contributed by atoms with Gasteiger partial charge in [0.05, 0.1) is 20.6 Å². The Kier molecular flexibility index (Phi) is 12.5. The first-order chi connectivity index (χ1) is 21.6. The maximum absolute atomic E-state index is 14.5. The molecular formula is C34H34BrCl2N3O4S. The molecule has 0 radical (unpaired) electrons. The molecule has 1 atom stereocenters. The van der Waals surface area contributed by atoms with Gasteiger partial charge in [0, 0.05) is 24.0 Å². The lowest BCUT2D eigenvalue weighted by Gasteiger charge is -2.34. The number of amides is 2. The second-order valence-corrected chi connectivity index (χ2v) is 14.0. The van der Waals surface area contributed by atoms with Gasteiger partial charge in [0.15, 0.2) is 0 Å². The predicted octanol–water partition coefficient (Wildman–Crippen LogP) is 7.51. The molecule has 0 aliphatic heterocycles. The van der Waals surface area contributed by atoms with Crippen molar-refractivity contribution in [1.29, 1.82) is 0 Å².